The second kappa shape index (κ2) is 6.65. The summed E-state index contributed by atoms with van der Waals surface area (Å²) in [6, 6.07) is 8.53. The zero-order valence-corrected chi connectivity index (χ0v) is 12.9. The average molecular weight is 268 g/mol. The van der Waals surface area contributed by atoms with E-state index in [9.17, 15) is 0 Å². The first-order chi connectivity index (χ1) is 9.65. The van der Waals surface area contributed by atoms with Gasteiger partial charge in [-0.05, 0) is 54.0 Å². The van der Waals surface area contributed by atoms with E-state index in [2.05, 4.69) is 61.9 Å². The smallest absolute Gasteiger partial charge is 0.0888 e. The predicted molar refractivity (Wildman–Crippen MR) is 84.9 cm³/mol. The summed E-state index contributed by atoms with van der Waals surface area (Å²) in [5, 5.41) is 0. The van der Waals surface area contributed by atoms with Gasteiger partial charge in [0.1, 0.15) is 0 Å². The molecule has 2 unspecified atom stereocenters. The Morgan fingerprint density at radius 2 is 1.55 bits per heavy atom. The molecule has 106 valence electrons. The van der Waals surface area contributed by atoms with E-state index in [0.29, 0.717) is 11.8 Å². The molecule has 2 aromatic heterocycles. The van der Waals surface area contributed by atoms with Gasteiger partial charge >= 0.3 is 0 Å². The first-order valence-corrected chi connectivity index (χ1v) is 7.58. The van der Waals surface area contributed by atoms with Gasteiger partial charge in [0.2, 0.25) is 0 Å². The number of hydrogen-bond acceptors (Lipinski definition) is 2. The third-order valence-corrected chi connectivity index (χ3v) is 4.20. The van der Waals surface area contributed by atoms with Crippen LogP contribution in [0.15, 0.2) is 36.7 Å². The zero-order chi connectivity index (χ0) is 14.5. The first-order valence-electron chi connectivity index (χ1n) is 7.58. The van der Waals surface area contributed by atoms with Crippen LogP contribution in [-0.2, 0) is 0 Å². The second-order valence-electron chi connectivity index (χ2n) is 5.57. The van der Waals surface area contributed by atoms with Crippen LogP contribution >= 0.6 is 0 Å². The van der Waals surface area contributed by atoms with Crippen molar-refractivity contribution in [3.63, 3.8) is 0 Å². The van der Waals surface area contributed by atoms with Crippen LogP contribution in [0.3, 0.4) is 0 Å². The molecular formula is C18H24N2. The molecule has 2 rings (SSSR count). The highest BCUT2D eigenvalue weighted by molar-refractivity contribution is 5.55. The van der Waals surface area contributed by atoms with E-state index in [0.717, 1.165) is 24.2 Å². The molecule has 2 nitrogen and oxygen atoms in total. The number of hydrogen-bond donors (Lipinski definition) is 0. The lowest BCUT2D eigenvalue weighted by atomic mass is 9.98. The van der Waals surface area contributed by atoms with E-state index < -0.39 is 0 Å². The Kier molecular flexibility index (Phi) is 4.89. The minimum atomic E-state index is 0.566. The monoisotopic (exact) mass is 268 g/mol. The van der Waals surface area contributed by atoms with Crippen LogP contribution in [0.1, 0.15) is 63.5 Å². The summed E-state index contributed by atoms with van der Waals surface area (Å²) in [6.45, 7) is 8.90. The Morgan fingerprint density at radius 3 is 2.15 bits per heavy atom. The van der Waals surface area contributed by atoms with Crippen LogP contribution in [0.2, 0.25) is 0 Å². The van der Waals surface area contributed by atoms with Crippen LogP contribution in [0.4, 0.5) is 0 Å². The van der Waals surface area contributed by atoms with Crippen LogP contribution in [0.25, 0.3) is 11.4 Å². The Balaban J connectivity index is 2.27. The van der Waals surface area contributed by atoms with Crippen molar-refractivity contribution >= 4 is 0 Å². The van der Waals surface area contributed by atoms with Crippen molar-refractivity contribution < 1.29 is 0 Å². The highest BCUT2D eigenvalue weighted by Gasteiger charge is 2.08. The molecule has 0 N–H and O–H groups in total. The summed E-state index contributed by atoms with van der Waals surface area (Å²) in [7, 11) is 0. The van der Waals surface area contributed by atoms with Gasteiger partial charge in [0.25, 0.3) is 0 Å². The van der Waals surface area contributed by atoms with Crippen molar-refractivity contribution in [2.75, 3.05) is 0 Å². The fraction of sp³-hybridized carbons (Fsp3) is 0.444. The molecule has 0 aliphatic heterocycles. The molecule has 2 aromatic rings. The zero-order valence-electron chi connectivity index (χ0n) is 12.9. The van der Waals surface area contributed by atoms with Gasteiger partial charge in [0.05, 0.1) is 11.4 Å². The maximum Gasteiger partial charge on any atom is 0.0888 e. The number of nitrogens with zero attached hydrogens (tertiary/aromatic N) is 2. The molecule has 0 saturated carbocycles. The summed E-state index contributed by atoms with van der Waals surface area (Å²) in [5.41, 5.74) is 4.57. The third-order valence-electron chi connectivity index (χ3n) is 4.20. The Labute approximate surface area is 122 Å². The fourth-order valence-electron chi connectivity index (χ4n) is 2.21. The minimum absolute atomic E-state index is 0.566. The van der Waals surface area contributed by atoms with Gasteiger partial charge in [-0.15, -0.1) is 0 Å². The Hall–Kier alpha value is -1.70. The molecule has 0 fully saturated rings. The average Bonchev–Trinajstić information content (AvgIpc) is 2.53. The molecule has 0 radical (unpaired) electrons. The molecule has 0 aromatic carbocycles. The normalized spacial score (nSPS) is 14.0. The summed E-state index contributed by atoms with van der Waals surface area (Å²) in [4.78, 5) is 9.04. The molecule has 0 spiro atoms. The Bertz CT molecular complexity index is 546. The van der Waals surface area contributed by atoms with Gasteiger partial charge in [-0.3, -0.25) is 9.97 Å². The molecular weight excluding hydrogens is 244 g/mol. The fourth-order valence-corrected chi connectivity index (χ4v) is 2.21. The highest BCUT2D eigenvalue weighted by Crippen LogP contribution is 2.24. The van der Waals surface area contributed by atoms with Crippen molar-refractivity contribution in [1.29, 1.82) is 0 Å². The number of pyridine rings is 2. The molecule has 2 heterocycles. The summed E-state index contributed by atoms with van der Waals surface area (Å²) >= 11 is 0. The standard InChI is InChI=1S/C18H24N2/c1-5-13(3)15-9-10-19-18(11-15)17-8-7-16(12-20-17)14(4)6-2/h7-14H,5-6H2,1-4H3. The van der Waals surface area contributed by atoms with Crippen molar-refractivity contribution in [1.82, 2.24) is 9.97 Å². The molecule has 2 heteroatoms. The van der Waals surface area contributed by atoms with Crippen LogP contribution in [-0.4, -0.2) is 9.97 Å². The molecule has 0 bridgehead atoms. The predicted octanol–water partition coefficient (Wildman–Crippen LogP) is 5.17. The maximum atomic E-state index is 4.58. The van der Waals surface area contributed by atoms with Gasteiger partial charge in [0, 0.05) is 12.4 Å². The molecule has 0 aliphatic carbocycles. The van der Waals surface area contributed by atoms with Gasteiger partial charge < -0.3 is 0 Å². The van der Waals surface area contributed by atoms with E-state index in [4.69, 9.17) is 0 Å². The Morgan fingerprint density at radius 1 is 0.850 bits per heavy atom. The maximum absolute atomic E-state index is 4.58. The van der Waals surface area contributed by atoms with Gasteiger partial charge in [0.15, 0.2) is 0 Å². The van der Waals surface area contributed by atoms with Crippen LogP contribution in [0.5, 0.6) is 0 Å². The van der Waals surface area contributed by atoms with Gasteiger partial charge in [-0.1, -0.05) is 33.8 Å². The van der Waals surface area contributed by atoms with E-state index >= 15 is 0 Å². The van der Waals surface area contributed by atoms with E-state index in [-0.39, 0.29) is 0 Å². The van der Waals surface area contributed by atoms with Crippen LogP contribution in [0, 0.1) is 0 Å². The van der Waals surface area contributed by atoms with Crippen molar-refractivity contribution in [3.8, 4) is 11.4 Å². The molecule has 0 saturated heterocycles. The summed E-state index contributed by atoms with van der Waals surface area (Å²) in [5.74, 6) is 1.13. The SMILES string of the molecule is CCC(C)c1ccc(-c2cc(C(C)CC)ccn2)nc1. The largest absolute Gasteiger partial charge is 0.255 e. The number of rotatable bonds is 5. The van der Waals surface area contributed by atoms with Gasteiger partial charge in [-0.25, -0.2) is 0 Å². The van der Waals surface area contributed by atoms with Gasteiger partial charge in [-0.2, -0.15) is 0 Å². The summed E-state index contributed by atoms with van der Waals surface area (Å²) < 4.78 is 0. The van der Waals surface area contributed by atoms with E-state index in [1.54, 1.807) is 0 Å². The second-order valence-corrected chi connectivity index (χ2v) is 5.57. The number of aromatic nitrogens is 2. The van der Waals surface area contributed by atoms with E-state index in [1.165, 1.54) is 11.1 Å². The lowest BCUT2D eigenvalue weighted by Gasteiger charge is -2.11. The van der Waals surface area contributed by atoms with Crippen LogP contribution < -0.4 is 0 Å². The van der Waals surface area contributed by atoms with Crippen molar-refractivity contribution in [2.45, 2.75) is 52.4 Å². The molecule has 0 amide bonds. The topological polar surface area (TPSA) is 25.8 Å². The lowest BCUT2D eigenvalue weighted by molar-refractivity contribution is 0.729. The molecule has 0 aliphatic rings. The molecule has 2 atom stereocenters. The third kappa shape index (κ3) is 3.24. The lowest BCUT2D eigenvalue weighted by Crippen LogP contribution is -1.96. The summed E-state index contributed by atoms with van der Waals surface area (Å²) in [6.07, 6.45) is 6.16. The first kappa shape index (κ1) is 14.7. The van der Waals surface area contributed by atoms with Crippen molar-refractivity contribution in [3.05, 3.63) is 47.8 Å². The van der Waals surface area contributed by atoms with E-state index in [1.807, 2.05) is 12.4 Å². The minimum Gasteiger partial charge on any atom is -0.255 e. The molecule has 20 heavy (non-hydrogen) atoms. The highest BCUT2D eigenvalue weighted by atomic mass is 14.8. The quantitative estimate of drug-likeness (QED) is 0.747. The van der Waals surface area contributed by atoms with Crippen molar-refractivity contribution in [2.24, 2.45) is 0 Å².